The molecule has 0 unspecified atom stereocenters. The summed E-state index contributed by atoms with van der Waals surface area (Å²) in [5.41, 5.74) is 1.43. The Balaban J connectivity index is 1.52. The molecule has 2 heterocycles. The Morgan fingerprint density at radius 2 is 1.68 bits per heavy atom. The first kappa shape index (κ1) is 20.7. The van der Waals surface area contributed by atoms with Gasteiger partial charge >= 0.3 is 5.97 Å². The summed E-state index contributed by atoms with van der Waals surface area (Å²) in [7, 11) is 0. The van der Waals surface area contributed by atoms with Crippen LogP contribution in [0.25, 0.3) is 0 Å². The normalized spacial score (nSPS) is 14.5. The third kappa shape index (κ3) is 4.03. The van der Waals surface area contributed by atoms with Gasteiger partial charge in [-0.15, -0.1) is 0 Å². The van der Waals surface area contributed by atoms with Gasteiger partial charge < -0.3 is 14.8 Å². The topological polar surface area (TPSA) is 82.5 Å². The average molecular weight is 419 g/mol. The first-order valence-corrected chi connectivity index (χ1v) is 10.4. The van der Waals surface area contributed by atoms with Crippen molar-refractivity contribution < 1.29 is 19.1 Å². The molecule has 0 radical (unpaired) electrons. The van der Waals surface area contributed by atoms with Crippen LogP contribution in [0.15, 0.2) is 60.8 Å². The molecule has 160 valence electrons. The van der Waals surface area contributed by atoms with E-state index in [4.69, 9.17) is 9.47 Å². The summed E-state index contributed by atoms with van der Waals surface area (Å²) in [5, 5.41) is 7.08. The smallest absolute Gasteiger partial charge is 0.318 e. The number of nitrogens with zero attached hydrogens (tertiary/aromatic N) is 2. The van der Waals surface area contributed by atoms with E-state index in [9.17, 15) is 9.59 Å². The summed E-state index contributed by atoms with van der Waals surface area (Å²) in [6.07, 6.45) is 1.53. The van der Waals surface area contributed by atoms with Gasteiger partial charge in [-0.1, -0.05) is 43.3 Å². The third-order valence-corrected chi connectivity index (χ3v) is 5.51. The highest BCUT2D eigenvalue weighted by molar-refractivity contribution is 5.95. The number of esters is 1. The molecule has 0 fully saturated rings. The molecule has 1 aliphatic heterocycles. The zero-order chi connectivity index (χ0) is 22.0. The quantitative estimate of drug-likeness (QED) is 0.588. The molecule has 31 heavy (non-hydrogen) atoms. The van der Waals surface area contributed by atoms with Crippen LogP contribution in [-0.2, 0) is 14.3 Å². The van der Waals surface area contributed by atoms with Crippen molar-refractivity contribution in [2.24, 2.45) is 0 Å². The van der Waals surface area contributed by atoms with Crippen molar-refractivity contribution in [2.75, 3.05) is 5.32 Å². The van der Waals surface area contributed by atoms with Gasteiger partial charge in [-0.25, -0.2) is 4.68 Å². The molecule has 1 aliphatic rings. The summed E-state index contributed by atoms with van der Waals surface area (Å²) < 4.78 is 13.3. The molecule has 2 aromatic carbocycles. The molecule has 0 aliphatic carbocycles. The summed E-state index contributed by atoms with van der Waals surface area (Å²) >= 11 is 0. The lowest BCUT2D eigenvalue weighted by Crippen LogP contribution is -2.33. The first-order valence-electron chi connectivity index (χ1n) is 10.4. The number of ether oxygens (including phenoxy) is 2. The summed E-state index contributed by atoms with van der Waals surface area (Å²) in [6.45, 7) is 5.63. The van der Waals surface area contributed by atoms with Crippen molar-refractivity contribution in [2.45, 2.75) is 45.3 Å². The fourth-order valence-electron chi connectivity index (χ4n) is 3.62. The molecule has 4 rings (SSSR count). The lowest BCUT2D eigenvalue weighted by molar-refractivity contribution is -0.153. The number of benzene rings is 2. The number of hydrogen-bond donors (Lipinski definition) is 1. The average Bonchev–Trinajstić information content (AvgIpc) is 3.24. The van der Waals surface area contributed by atoms with Crippen LogP contribution in [0, 0.1) is 0 Å². The van der Waals surface area contributed by atoms with E-state index in [-0.39, 0.29) is 6.04 Å². The van der Waals surface area contributed by atoms with E-state index in [1.54, 1.807) is 23.9 Å². The van der Waals surface area contributed by atoms with E-state index in [0.717, 1.165) is 6.42 Å². The summed E-state index contributed by atoms with van der Waals surface area (Å²) in [6, 6.07) is 16.6. The zero-order valence-corrected chi connectivity index (χ0v) is 17.7. The first-order chi connectivity index (χ1) is 15.0. The Bertz CT molecular complexity index is 1060. The van der Waals surface area contributed by atoms with Gasteiger partial charge in [0, 0.05) is 17.2 Å². The molecule has 3 aromatic rings. The van der Waals surface area contributed by atoms with Crippen LogP contribution >= 0.6 is 0 Å². The number of carbonyl (C=O) groups excluding carboxylic acids is 2. The van der Waals surface area contributed by atoms with Gasteiger partial charge in [0.2, 0.25) is 0 Å². The number of rotatable bonds is 6. The number of carbonyl (C=O) groups is 2. The second-order valence-corrected chi connectivity index (χ2v) is 7.60. The van der Waals surface area contributed by atoms with Crippen LogP contribution in [0.3, 0.4) is 0 Å². The number of fused-ring (bicyclic) bond motifs is 2. The van der Waals surface area contributed by atoms with E-state index in [0.29, 0.717) is 28.4 Å². The van der Waals surface area contributed by atoms with Crippen LogP contribution < -0.4 is 10.1 Å². The number of anilines is 1. The second kappa shape index (κ2) is 8.63. The lowest BCUT2D eigenvalue weighted by Gasteiger charge is -2.27. The maximum Gasteiger partial charge on any atom is 0.318 e. The van der Waals surface area contributed by atoms with Crippen molar-refractivity contribution in [3.8, 4) is 11.5 Å². The van der Waals surface area contributed by atoms with Gasteiger partial charge in [-0.05, 0) is 32.4 Å². The number of nitrogens with one attached hydrogen (secondary N) is 1. The Kier molecular flexibility index (Phi) is 5.75. The van der Waals surface area contributed by atoms with Crippen molar-refractivity contribution in [1.29, 1.82) is 0 Å². The molecule has 1 N–H and O–H groups in total. The number of para-hydroxylation sites is 2. The Hall–Kier alpha value is -3.61. The molecule has 7 heteroatoms. The Labute approximate surface area is 181 Å². The standard InChI is InChI=1S/C24H25N3O4/c1-4-15(2)27-21(13-14-25-27)26-23(28)16(3)30-24(29)22-17-9-5-7-11-19(17)31-20-12-8-6-10-18(20)22/h5-16,22H,4H2,1-3H3,(H,26,28)/t15-,16-/m0/s1. The number of hydrogen-bond acceptors (Lipinski definition) is 5. The minimum atomic E-state index is -0.977. The molecular formula is C24H25N3O4. The Morgan fingerprint density at radius 3 is 2.29 bits per heavy atom. The molecule has 1 amide bonds. The Morgan fingerprint density at radius 1 is 1.06 bits per heavy atom. The van der Waals surface area contributed by atoms with Gasteiger partial charge in [-0.3, -0.25) is 9.59 Å². The van der Waals surface area contributed by atoms with Gasteiger partial charge in [0.1, 0.15) is 23.2 Å². The molecular weight excluding hydrogens is 394 g/mol. The lowest BCUT2D eigenvalue weighted by atomic mass is 9.88. The maximum atomic E-state index is 13.2. The van der Waals surface area contributed by atoms with Crippen LogP contribution in [0.5, 0.6) is 11.5 Å². The van der Waals surface area contributed by atoms with E-state index < -0.39 is 23.9 Å². The van der Waals surface area contributed by atoms with Crippen LogP contribution in [-0.4, -0.2) is 27.8 Å². The van der Waals surface area contributed by atoms with E-state index in [2.05, 4.69) is 10.4 Å². The highest BCUT2D eigenvalue weighted by atomic mass is 16.5. The fourth-order valence-corrected chi connectivity index (χ4v) is 3.62. The number of aromatic nitrogens is 2. The van der Waals surface area contributed by atoms with Crippen LogP contribution in [0.4, 0.5) is 5.82 Å². The number of amides is 1. The fraction of sp³-hybridized carbons (Fsp3) is 0.292. The van der Waals surface area contributed by atoms with Crippen LogP contribution in [0.1, 0.15) is 50.3 Å². The summed E-state index contributed by atoms with van der Waals surface area (Å²) in [4.78, 5) is 25.9. The minimum Gasteiger partial charge on any atom is -0.457 e. The second-order valence-electron chi connectivity index (χ2n) is 7.60. The monoisotopic (exact) mass is 419 g/mol. The van der Waals surface area contributed by atoms with Gasteiger partial charge in [0.15, 0.2) is 6.10 Å². The van der Waals surface area contributed by atoms with Crippen molar-refractivity contribution in [3.63, 3.8) is 0 Å². The molecule has 0 saturated carbocycles. The predicted octanol–water partition coefficient (Wildman–Crippen LogP) is 4.66. The molecule has 0 spiro atoms. The van der Waals surface area contributed by atoms with Crippen LogP contribution in [0.2, 0.25) is 0 Å². The van der Waals surface area contributed by atoms with Gasteiger partial charge in [0.05, 0.1) is 12.2 Å². The predicted molar refractivity (Wildman–Crippen MR) is 116 cm³/mol. The molecule has 2 atom stereocenters. The van der Waals surface area contributed by atoms with Crippen molar-refractivity contribution >= 4 is 17.7 Å². The van der Waals surface area contributed by atoms with E-state index in [1.807, 2.05) is 62.4 Å². The van der Waals surface area contributed by atoms with E-state index in [1.165, 1.54) is 0 Å². The molecule has 0 saturated heterocycles. The van der Waals surface area contributed by atoms with Gasteiger partial charge in [-0.2, -0.15) is 5.10 Å². The maximum absolute atomic E-state index is 13.2. The van der Waals surface area contributed by atoms with E-state index >= 15 is 0 Å². The highest BCUT2D eigenvalue weighted by Crippen LogP contribution is 2.44. The van der Waals surface area contributed by atoms with Crippen molar-refractivity contribution in [3.05, 3.63) is 71.9 Å². The largest absolute Gasteiger partial charge is 0.457 e. The van der Waals surface area contributed by atoms with Gasteiger partial charge in [0.25, 0.3) is 5.91 Å². The molecule has 7 nitrogen and oxygen atoms in total. The SMILES string of the molecule is CC[C@H](C)n1nccc1NC(=O)[C@H](C)OC(=O)C1c2ccccc2Oc2ccccc21. The summed E-state index contributed by atoms with van der Waals surface area (Å²) in [5.74, 6) is 0.217. The zero-order valence-electron chi connectivity index (χ0n) is 17.7. The molecule has 1 aromatic heterocycles. The highest BCUT2D eigenvalue weighted by Gasteiger charge is 2.35. The molecule has 0 bridgehead atoms. The third-order valence-electron chi connectivity index (χ3n) is 5.51. The minimum absolute atomic E-state index is 0.137. The van der Waals surface area contributed by atoms with Crippen molar-refractivity contribution in [1.82, 2.24) is 9.78 Å².